The van der Waals surface area contributed by atoms with Gasteiger partial charge in [-0.1, -0.05) is 6.07 Å². The van der Waals surface area contributed by atoms with Gasteiger partial charge in [0.1, 0.15) is 11.6 Å². The number of anilines is 1. The molecule has 0 unspecified atom stereocenters. The summed E-state index contributed by atoms with van der Waals surface area (Å²) >= 11 is 0. The predicted molar refractivity (Wildman–Crippen MR) is 75.4 cm³/mol. The molecule has 1 saturated heterocycles. The van der Waals surface area contributed by atoms with Crippen molar-refractivity contribution < 1.29 is 4.79 Å². The molecule has 98 valence electrons. The van der Waals surface area contributed by atoms with Gasteiger partial charge in [-0.15, -0.1) is 0 Å². The normalized spacial score (nSPS) is 15.4. The fourth-order valence-corrected chi connectivity index (χ4v) is 2.41. The van der Waals surface area contributed by atoms with Gasteiger partial charge in [0.05, 0.1) is 0 Å². The zero-order valence-electron chi connectivity index (χ0n) is 11.0. The minimum Gasteiger partial charge on any atom is -0.371 e. The van der Waals surface area contributed by atoms with E-state index in [1.54, 1.807) is 0 Å². The fraction of sp³-hybridized carbons (Fsp3) is 0.333. The third kappa shape index (κ3) is 2.94. The maximum Gasteiger partial charge on any atom is 0.259 e. The Morgan fingerprint density at radius 3 is 2.63 bits per heavy atom. The number of hydrogen-bond acceptors (Lipinski definition) is 3. The van der Waals surface area contributed by atoms with E-state index in [0.29, 0.717) is 0 Å². The lowest BCUT2D eigenvalue weighted by Gasteiger charge is -2.20. The molecule has 0 aromatic heterocycles. The third-order valence-corrected chi connectivity index (χ3v) is 3.36. The lowest BCUT2D eigenvalue weighted by Crippen LogP contribution is -2.18. The first-order valence-electron chi connectivity index (χ1n) is 6.39. The molecule has 0 atom stereocenters. The number of benzene rings is 1. The molecule has 0 spiro atoms. The van der Waals surface area contributed by atoms with Gasteiger partial charge >= 0.3 is 0 Å². The highest BCUT2D eigenvalue weighted by Gasteiger charge is 2.14. The Bertz CT molecular complexity index is 563. The molecule has 0 radical (unpaired) electrons. The Morgan fingerprint density at radius 2 is 2.11 bits per heavy atom. The van der Waals surface area contributed by atoms with Crippen molar-refractivity contribution in [3.8, 4) is 6.07 Å². The van der Waals surface area contributed by atoms with Crippen LogP contribution in [0, 0.1) is 18.3 Å². The van der Waals surface area contributed by atoms with E-state index in [0.717, 1.165) is 24.2 Å². The highest BCUT2D eigenvalue weighted by molar-refractivity contribution is 6.00. The molecule has 1 aromatic rings. The van der Waals surface area contributed by atoms with Gasteiger partial charge in [0.15, 0.2) is 0 Å². The molecule has 0 aliphatic carbocycles. The summed E-state index contributed by atoms with van der Waals surface area (Å²) in [5.74, 6) is -0.691. The second kappa shape index (κ2) is 5.57. The van der Waals surface area contributed by atoms with Gasteiger partial charge in [-0.3, -0.25) is 4.79 Å². The lowest BCUT2D eigenvalue weighted by molar-refractivity contribution is -0.114. The van der Waals surface area contributed by atoms with Crippen molar-refractivity contribution in [3.63, 3.8) is 0 Å². The van der Waals surface area contributed by atoms with E-state index in [9.17, 15) is 4.79 Å². The largest absolute Gasteiger partial charge is 0.371 e. The van der Waals surface area contributed by atoms with E-state index in [4.69, 9.17) is 11.0 Å². The number of carbonyl (C=O) groups is 1. The van der Waals surface area contributed by atoms with Crippen LogP contribution in [-0.4, -0.2) is 19.0 Å². The number of hydrogen-bond donors (Lipinski definition) is 1. The highest BCUT2D eigenvalue weighted by Crippen LogP contribution is 2.25. The summed E-state index contributed by atoms with van der Waals surface area (Å²) in [7, 11) is 0. The molecule has 1 aromatic carbocycles. The molecule has 1 aliphatic rings. The number of amides is 1. The number of primary amides is 1. The van der Waals surface area contributed by atoms with Crippen LogP contribution in [0.4, 0.5) is 5.69 Å². The average molecular weight is 255 g/mol. The molecule has 1 heterocycles. The molecule has 19 heavy (non-hydrogen) atoms. The van der Waals surface area contributed by atoms with Crippen molar-refractivity contribution in [1.29, 1.82) is 5.26 Å². The standard InChI is InChI=1S/C15H17N3O/c1-11-8-12(9-13(10-16)15(17)19)4-5-14(11)18-6-2-3-7-18/h4-5,8-9H,2-3,6-7H2,1H3,(H2,17,19)/b13-9+. The molecule has 0 bridgehead atoms. The quantitative estimate of drug-likeness (QED) is 0.663. The van der Waals surface area contributed by atoms with Crippen LogP contribution in [0.2, 0.25) is 0 Å². The molecule has 2 N–H and O–H groups in total. The first-order chi connectivity index (χ1) is 9.11. The Labute approximate surface area is 113 Å². The smallest absolute Gasteiger partial charge is 0.259 e. The van der Waals surface area contributed by atoms with Crippen LogP contribution in [0.1, 0.15) is 24.0 Å². The highest BCUT2D eigenvalue weighted by atomic mass is 16.1. The zero-order valence-corrected chi connectivity index (χ0v) is 11.0. The summed E-state index contributed by atoms with van der Waals surface area (Å²) in [6.07, 6.45) is 4.01. The minimum atomic E-state index is -0.691. The SMILES string of the molecule is Cc1cc(/C=C(\C#N)C(N)=O)ccc1N1CCCC1. The third-order valence-electron chi connectivity index (χ3n) is 3.36. The van der Waals surface area contributed by atoms with Crippen molar-refractivity contribution in [2.24, 2.45) is 5.73 Å². The predicted octanol–water partition coefficient (Wildman–Crippen LogP) is 1.99. The van der Waals surface area contributed by atoms with E-state index in [2.05, 4.69) is 4.90 Å². The minimum absolute atomic E-state index is 0.0201. The number of aryl methyl sites for hydroxylation is 1. The van der Waals surface area contributed by atoms with Crippen molar-refractivity contribution in [3.05, 3.63) is 34.9 Å². The fourth-order valence-electron chi connectivity index (χ4n) is 2.41. The Kier molecular flexibility index (Phi) is 3.86. The second-order valence-electron chi connectivity index (χ2n) is 4.77. The van der Waals surface area contributed by atoms with Crippen LogP contribution in [0.15, 0.2) is 23.8 Å². The Morgan fingerprint density at radius 1 is 1.42 bits per heavy atom. The summed E-state index contributed by atoms with van der Waals surface area (Å²) in [6.45, 7) is 4.24. The van der Waals surface area contributed by atoms with Crippen molar-refractivity contribution >= 4 is 17.7 Å². The number of nitrogens with two attached hydrogens (primary N) is 1. The summed E-state index contributed by atoms with van der Waals surface area (Å²) < 4.78 is 0. The number of nitrogens with zero attached hydrogens (tertiary/aromatic N) is 2. The van der Waals surface area contributed by atoms with Crippen LogP contribution >= 0.6 is 0 Å². The Hall–Kier alpha value is -2.28. The number of carbonyl (C=O) groups excluding carboxylic acids is 1. The van der Waals surface area contributed by atoms with E-state index < -0.39 is 5.91 Å². The molecule has 1 fully saturated rings. The molecular formula is C15H17N3O. The van der Waals surface area contributed by atoms with Crippen molar-refractivity contribution in [1.82, 2.24) is 0 Å². The Balaban J connectivity index is 2.28. The maximum atomic E-state index is 11.0. The molecule has 1 aliphatic heterocycles. The molecule has 1 amide bonds. The monoisotopic (exact) mass is 255 g/mol. The first-order valence-corrected chi connectivity index (χ1v) is 6.39. The van der Waals surface area contributed by atoms with E-state index in [1.807, 2.05) is 31.2 Å². The van der Waals surface area contributed by atoms with Crippen molar-refractivity contribution in [2.45, 2.75) is 19.8 Å². The van der Waals surface area contributed by atoms with E-state index in [-0.39, 0.29) is 5.57 Å². The van der Waals surface area contributed by atoms with Crippen LogP contribution in [0.5, 0.6) is 0 Å². The van der Waals surface area contributed by atoms with Gasteiger partial charge in [-0.05, 0) is 49.1 Å². The van der Waals surface area contributed by atoms with Gasteiger partial charge in [0.2, 0.25) is 0 Å². The van der Waals surface area contributed by atoms with Crippen LogP contribution in [0.3, 0.4) is 0 Å². The van der Waals surface area contributed by atoms with Crippen molar-refractivity contribution in [2.75, 3.05) is 18.0 Å². The molecule has 4 nitrogen and oxygen atoms in total. The average Bonchev–Trinajstić information content (AvgIpc) is 2.89. The molecule has 2 rings (SSSR count). The first kappa shape index (κ1) is 13.2. The van der Waals surface area contributed by atoms with Gasteiger partial charge in [0.25, 0.3) is 5.91 Å². The summed E-state index contributed by atoms with van der Waals surface area (Å²) in [6, 6.07) is 7.76. The number of nitriles is 1. The van der Waals surface area contributed by atoms with Crippen LogP contribution < -0.4 is 10.6 Å². The maximum absolute atomic E-state index is 11.0. The molecular weight excluding hydrogens is 238 g/mol. The van der Waals surface area contributed by atoms with Gasteiger partial charge in [0, 0.05) is 18.8 Å². The number of rotatable bonds is 3. The van der Waals surface area contributed by atoms with Gasteiger partial charge < -0.3 is 10.6 Å². The van der Waals surface area contributed by atoms with Gasteiger partial charge in [-0.25, -0.2) is 0 Å². The van der Waals surface area contributed by atoms with E-state index in [1.165, 1.54) is 24.6 Å². The van der Waals surface area contributed by atoms with Crippen LogP contribution in [0.25, 0.3) is 6.08 Å². The lowest BCUT2D eigenvalue weighted by atomic mass is 10.1. The summed E-state index contributed by atoms with van der Waals surface area (Å²) in [4.78, 5) is 13.4. The van der Waals surface area contributed by atoms with Crippen LogP contribution in [-0.2, 0) is 4.79 Å². The second-order valence-corrected chi connectivity index (χ2v) is 4.77. The topological polar surface area (TPSA) is 70.1 Å². The molecule has 0 saturated carbocycles. The van der Waals surface area contributed by atoms with Gasteiger partial charge in [-0.2, -0.15) is 5.26 Å². The van der Waals surface area contributed by atoms with E-state index >= 15 is 0 Å². The summed E-state index contributed by atoms with van der Waals surface area (Å²) in [5.41, 5.74) is 8.31. The summed E-state index contributed by atoms with van der Waals surface area (Å²) in [5, 5.41) is 8.83. The molecule has 4 heteroatoms. The zero-order chi connectivity index (χ0) is 13.8.